The summed E-state index contributed by atoms with van der Waals surface area (Å²) in [6.45, 7) is 4.52. The molecule has 0 fully saturated rings. The Morgan fingerprint density at radius 1 is 1.09 bits per heavy atom. The second-order valence-corrected chi connectivity index (χ2v) is 10.6. The predicted molar refractivity (Wildman–Crippen MR) is 134 cm³/mol. The number of amidine groups is 1. The summed E-state index contributed by atoms with van der Waals surface area (Å²) in [6, 6.07) is 16.7. The topological polar surface area (TPSA) is 83.1 Å². The van der Waals surface area contributed by atoms with Crippen LogP contribution in [-0.2, 0) is 25.9 Å². The van der Waals surface area contributed by atoms with E-state index in [0.29, 0.717) is 17.9 Å². The Morgan fingerprint density at radius 2 is 1.78 bits per heavy atom. The van der Waals surface area contributed by atoms with Crippen LogP contribution in [0.1, 0.15) is 45.1 Å². The number of allylic oxidation sites excluding steroid dienone is 1. The van der Waals surface area contributed by atoms with Gasteiger partial charge in [-0.15, -0.1) is 0 Å². The molecule has 8 heteroatoms. The Kier molecular flexibility index (Phi) is 10.4. The standard InChI is InChI=1S/C24H31N2O4PS/c1-4-5-6-10-17-29-21-15-13-20(14-16-21)24(25)26-31(32,22-11-8-7-9-12-22)30-19(2)18-23(27)28-3/h7-9,11-16,18H,4-6,10,17H2,1-3H3,(H2,25,26,32). The zero-order valence-corrected chi connectivity index (χ0v) is 20.5. The third-order valence-corrected chi connectivity index (χ3v) is 7.59. The van der Waals surface area contributed by atoms with Gasteiger partial charge in [0.25, 0.3) is 6.42 Å². The van der Waals surface area contributed by atoms with Crippen molar-refractivity contribution in [3.05, 3.63) is 72.0 Å². The van der Waals surface area contributed by atoms with Gasteiger partial charge in [0.1, 0.15) is 17.3 Å². The molecular weight excluding hydrogens is 443 g/mol. The van der Waals surface area contributed by atoms with Gasteiger partial charge in [0.05, 0.1) is 19.8 Å². The van der Waals surface area contributed by atoms with E-state index in [4.69, 9.17) is 26.8 Å². The summed E-state index contributed by atoms with van der Waals surface area (Å²) in [5.74, 6) is 0.831. The SMILES string of the molecule is CCCCCCOc1ccc(C(N)=NP(=S)(OC(C)=CC(=O)OC)c2ccccc2)cc1. The van der Waals surface area contributed by atoms with Crippen molar-refractivity contribution in [3.8, 4) is 5.75 Å². The van der Waals surface area contributed by atoms with E-state index in [1.165, 1.54) is 32.4 Å². The molecule has 1 atom stereocenters. The van der Waals surface area contributed by atoms with Gasteiger partial charge in [0, 0.05) is 10.9 Å². The highest BCUT2D eigenvalue weighted by molar-refractivity contribution is 8.15. The number of methoxy groups -OCH3 is 1. The van der Waals surface area contributed by atoms with Crippen molar-refractivity contribution in [1.29, 1.82) is 0 Å². The van der Waals surface area contributed by atoms with Crippen LogP contribution in [0, 0.1) is 0 Å². The molecule has 2 aromatic rings. The number of carbonyl (C=O) groups is 1. The molecule has 0 bridgehead atoms. The molecule has 32 heavy (non-hydrogen) atoms. The average Bonchev–Trinajstić information content (AvgIpc) is 2.79. The number of nitrogens with zero attached hydrogens (tertiary/aromatic N) is 1. The number of carbonyl (C=O) groups excluding carboxylic acids is 1. The van der Waals surface area contributed by atoms with E-state index in [9.17, 15) is 4.79 Å². The first-order valence-corrected chi connectivity index (χ1v) is 13.3. The minimum Gasteiger partial charge on any atom is -0.494 e. The van der Waals surface area contributed by atoms with Gasteiger partial charge >= 0.3 is 5.97 Å². The fourth-order valence-electron chi connectivity index (χ4n) is 2.83. The molecule has 2 aromatic carbocycles. The normalized spacial score (nSPS) is 13.8. The quantitative estimate of drug-likeness (QED) is 0.0879. The van der Waals surface area contributed by atoms with E-state index in [2.05, 4.69) is 16.4 Å². The van der Waals surface area contributed by atoms with E-state index in [1.807, 2.05) is 54.6 Å². The van der Waals surface area contributed by atoms with Gasteiger partial charge in [-0.25, -0.2) is 4.79 Å². The third-order valence-electron chi connectivity index (χ3n) is 4.53. The van der Waals surface area contributed by atoms with E-state index in [1.54, 1.807) is 6.92 Å². The highest BCUT2D eigenvalue weighted by Crippen LogP contribution is 2.50. The number of unbranched alkanes of at least 4 members (excludes halogenated alkanes) is 3. The van der Waals surface area contributed by atoms with E-state index in [-0.39, 0.29) is 5.84 Å². The number of benzene rings is 2. The van der Waals surface area contributed by atoms with Crippen LogP contribution in [0.25, 0.3) is 0 Å². The van der Waals surface area contributed by atoms with Crippen molar-refractivity contribution in [2.45, 2.75) is 39.5 Å². The van der Waals surface area contributed by atoms with Crippen molar-refractivity contribution in [1.82, 2.24) is 0 Å². The Bertz CT molecular complexity index is 975. The lowest BCUT2D eigenvalue weighted by Gasteiger charge is -2.20. The Balaban J connectivity index is 2.22. The molecule has 1 unspecified atom stereocenters. The summed E-state index contributed by atoms with van der Waals surface area (Å²) in [6.07, 6.45) is 2.90. The highest BCUT2D eigenvalue weighted by atomic mass is 32.4. The average molecular weight is 475 g/mol. The molecule has 6 nitrogen and oxygen atoms in total. The zero-order chi connectivity index (χ0) is 23.4. The first-order chi connectivity index (χ1) is 15.4. The summed E-state index contributed by atoms with van der Waals surface area (Å²) in [4.78, 5) is 11.6. The number of nitrogens with two attached hydrogens (primary N) is 1. The van der Waals surface area contributed by atoms with Crippen molar-refractivity contribution >= 4 is 35.3 Å². The molecule has 172 valence electrons. The maximum absolute atomic E-state index is 11.6. The summed E-state index contributed by atoms with van der Waals surface area (Å²) in [5.41, 5.74) is 7.02. The van der Waals surface area contributed by atoms with Crippen LogP contribution >= 0.6 is 6.42 Å². The second kappa shape index (κ2) is 13.0. The number of hydrogen-bond acceptors (Lipinski definition) is 5. The van der Waals surface area contributed by atoms with Gasteiger partial charge in [-0.1, -0.05) is 44.4 Å². The van der Waals surface area contributed by atoms with Gasteiger partial charge in [-0.05, 0) is 61.5 Å². The monoisotopic (exact) mass is 474 g/mol. The van der Waals surface area contributed by atoms with Crippen LogP contribution in [0.3, 0.4) is 0 Å². The van der Waals surface area contributed by atoms with Crippen LogP contribution in [0.15, 0.2) is 71.2 Å². The first kappa shape index (κ1) is 25.6. The van der Waals surface area contributed by atoms with E-state index >= 15 is 0 Å². The molecule has 2 N–H and O–H groups in total. The zero-order valence-electron chi connectivity index (χ0n) is 18.8. The minimum atomic E-state index is -2.97. The molecule has 0 spiro atoms. The van der Waals surface area contributed by atoms with Crippen LogP contribution < -0.4 is 15.8 Å². The molecule has 0 saturated carbocycles. The molecule has 0 aliphatic carbocycles. The van der Waals surface area contributed by atoms with Crippen molar-refractivity contribution in [2.24, 2.45) is 10.5 Å². The summed E-state index contributed by atoms with van der Waals surface area (Å²) in [5, 5.41) is 0.725. The maximum Gasteiger partial charge on any atom is 0.333 e. The van der Waals surface area contributed by atoms with Crippen molar-refractivity contribution < 1.29 is 18.8 Å². The molecule has 0 amide bonds. The molecule has 0 heterocycles. The number of hydrogen-bond donors (Lipinski definition) is 1. The minimum absolute atomic E-state index is 0.262. The first-order valence-electron chi connectivity index (χ1n) is 10.6. The lowest BCUT2D eigenvalue weighted by atomic mass is 10.2. The van der Waals surface area contributed by atoms with E-state index < -0.39 is 12.4 Å². The fraction of sp³-hybridized carbons (Fsp3) is 0.333. The number of esters is 1. The predicted octanol–water partition coefficient (Wildman–Crippen LogP) is 5.08. The van der Waals surface area contributed by atoms with Crippen LogP contribution in [0.5, 0.6) is 5.75 Å². The Morgan fingerprint density at radius 3 is 2.41 bits per heavy atom. The smallest absolute Gasteiger partial charge is 0.333 e. The van der Waals surface area contributed by atoms with Gasteiger partial charge in [-0.2, -0.15) is 4.76 Å². The fourth-order valence-corrected chi connectivity index (χ4v) is 5.47. The molecular formula is C24H31N2O4PS. The molecule has 0 aliphatic rings. The molecule has 0 saturated heterocycles. The van der Waals surface area contributed by atoms with Gasteiger partial charge in [0.2, 0.25) is 0 Å². The highest BCUT2D eigenvalue weighted by Gasteiger charge is 2.23. The second-order valence-electron chi connectivity index (χ2n) is 7.14. The van der Waals surface area contributed by atoms with Crippen LogP contribution in [0.4, 0.5) is 0 Å². The van der Waals surface area contributed by atoms with Gasteiger partial charge in [-0.3, -0.25) is 0 Å². The molecule has 2 rings (SSSR count). The van der Waals surface area contributed by atoms with Gasteiger partial charge in [0.15, 0.2) is 0 Å². The number of rotatable bonds is 12. The van der Waals surface area contributed by atoms with Crippen molar-refractivity contribution in [2.75, 3.05) is 13.7 Å². The lowest BCUT2D eigenvalue weighted by molar-refractivity contribution is -0.135. The van der Waals surface area contributed by atoms with Crippen molar-refractivity contribution in [3.63, 3.8) is 0 Å². The van der Waals surface area contributed by atoms with Crippen LogP contribution in [0.2, 0.25) is 0 Å². The third kappa shape index (κ3) is 8.13. The van der Waals surface area contributed by atoms with E-state index in [0.717, 1.165) is 17.5 Å². The van der Waals surface area contributed by atoms with Gasteiger partial charge < -0.3 is 19.7 Å². The van der Waals surface area contributed by atoms with Crippen LogP contribution in [-0.4, -0.2) is 25.5 Å². The summed E-state index contributed by atoms with van der Waals surface area (Å²) < 4.78 is 21.1. The Hall–Kier alpha value is -2.63. The number of ether oxygens (including phenoxy) is 2. The molecule has 0 aliphatic heterocycles. The molecule has 0 aromatic heterocycles. The largest absolute Gasteiger partial charge is 0.494 e. The lowest BCUT2D eigenvalue weighted by Crippen LogP contribution is -2.16. The maximum atomic E-state index is 11.6. The molecule has 0 radical (unpaired) electrons. The Labute approximate surface area is 195 Å². The summed E-state index contributed by atoms with van der Waals surface area (Å²) >= 11 is 5.83. The summed E-state index contributed by atoms with van der Waals surface area (Å²) in [7, 11) is 1.30.